The van der Waals surface area contributed by atoms with Gasteiger partial charge in [0, 0.05) is 26.1 Å². The Bertz CT molecular complexity index is 301. The minimum atomic E-state index is -0.370. The third-order valence-corrected chi connectivity index (χ3v) is 3.55. The molecule has 5 heteroatoms. The summed E-state index contributed by atoms with van der Waals surface area (Å²) in [5.74, 6) is -0.699. The second-order valence-corrected chi connectivity index (χ2v) is 5.28. The van der Waals surface area contributed by atoms with Gasteiger partial charge in [0.05, 0.1) is 12.5 Å². The summed E-state index contributed by atoms with van der Waals surface area (Å²) in [6.45, 7) is 3.32. The molecular formula is C14H25N2O3. The van der Waals surface area contributed by atoms with Gasteiger partial charge < -0.3 is 15.4 Å². The lowest BCUT2D eigenvalue weighted by molar-refractivity contribution is -0.126. The SMILES string of the molecule is CC(C[CH]C(=O)N(C)CCC[C@H]1CCCO1)C(N)=O. The maximum absolute atomic E-state index is 11.8. The highest BCUT2D eigenvalue weighted by Crippen LogP contribution is 2.17. The standard InChI is InChI=1S/C14H25N2O3/c1-11(14(15)18)7-8-13(17)16(2)9-3-5-12-6-4-10-19-12/h8,11-12H,3-7,9-10H2,1-2H3,(H2,15,18)/t11?,12-/m0/s1. The van der Waals surface area contributed by atoms with E-state index in [1.165, 1.54) is 0 Å². The maximum Gasteiger partial charge on any atom is 0.226 e. The molecule has 0 aromatic carbocycles. The van der Waals surface area contributed by atoms with Crippen LogP contribution in [-0.2, 0) is 14.3 Å². The summed E-state index contributed by atoms with van der Waals surface area (Å²) in [4.78, 5) is 24.3. The summed E-state index contributed by atoms with van der Waals surface area (Å²) in [6.07, 6.45) is 6.58. The Morgan fingerprint density at radius 3 is 2.84 bits per heavy atom. The van der Waals surface area contributed by atoms with Gasteiger partial charge in [-0.25, -0.2) is 0 Å². The Balaban J connectivity index is 2.11. The molecule has 1 rings (SSSR count). The van der Waals surface area contributed by atoms with Crippen LogP contribution < -0.4 is 5.73 Å². The number of primary amides is 1. The largest absolute Gasteiger partial charge is 0.378 e. The van der Waals surface area contributed by atoms with Crippen molar-refractivity contribution in [3.63, 3.8) is 0 Å². The van der Waals surface area contributed by atoms with E-state index in [1.807, 2.05) is 0 Å². The normalized spacial score (nSPS) is 20.2. The molecule has 1 fully saturated rings. The van der Waals surface area contributed by atoms with Crippen molar-refractivity contribution in [1.82, 2.24) is 4.90 Å². The van der Waals surface area contributed by atoms with E-state index in [4.69, 9.17) is 10.5 Å². The predicted octanol–water partition coefficient (Wildman–Crippen LogP) is 1.12. The van der Waals surface area contributed by atoms with Gasteiger partial charge in [-0.05, 0) is 32.1 Å². The van der Waals surface area contributed by atoms with Gasteiger partial charge in [-0.3, -0.25) is 9.59 Å². The van der Waals surface area contributed by atoms with Crippen LogP contribution in [0.5, 0.6) is 0 Å². The van der Waals surface area contributed by atoms with Gasteiger partial charge in [-0.15, -0.1) is 0 Å². The Labute approximate surface area is 115 Å². The third kappa shape index (κ3) is 6.05. The predicted molar refractivity (Wildman–Crippen MR) is 73.1 cm³/mol. The zero-order chi connectivity index (χ0) is 14.3. The van der Waals surface area contributed by atoms with E-state index >= 15 is 0 Å². The van der Waals surface area contributed by atoms with E-state index in [1.54, 1.807) is 25.3 Å². The highest BCUT2D eigenvalue weighted by Gasteiger charge is 2.17. The zero-order valence-corrected chi connectivity index (χ0v) is 11.9. The molecule has 1 saturated heterocycles. The highest BCUT2D eigenvalue weighted by molar-refractivity contribution is 5.85. The molecule has 109 valence electrons. The molecule has 2 amide bonds. The Morgan fingerprint density at radius 2 is 2.26 bits per heavy atom. The first-order valence-electron chi connectivity index (χ1n) is 7.00. The Kier molecular flexibility index (Phi) is 6.84. The van der Waals surface area contributed by atoms with Gasteiger partial charge >= 0.3 is 0 Å². The summed E-state index contributed by atoms with van der Waals surface area (Å²) in [6, 6.07) is 0. The molecule has 0 aliphatic carbocycles. The van der Waals surface area contributed by atoms with Gasteiger partial charge in [0.25, 0.3) is 0 Å². The Hall–Kier alpha value is -1.10. The number of ether oxygens (including phenoxy) is 1. The average molecular weight is 269 g/mol. The van der Waals surface area contributed by atoms with Crippen LogP contribution in [0.2, 0.25) is 0 Å². The van der Waals surface area contributed by atoms with Crippen molar-refractivity contribution in [2.24, 2.45) is 11.7 Å². The van der Waals surface area contributed by atoms with E-state index in [0.29, 0.717) is 12.5 Å². The van der Waals surface area contributed by atoms with Crippen LogP contribution in [0.1, 0.15) is 39.0 Å². The summed E-state index contributed by atoms with van der Waals surface area (Å²) in [7, 11) is 1.78. The average Bonchev–Trinajstić information content (AvgIpc) is 2.88. The molecule has 1 unspecified atom stereocenters. The zero-order valence-electron chi connectivity index (χ0n) is 11.9. The lowest BCUT2D eigenvalue weighted by atomic mass is 10.0. The molecule has 0 saturated carbocycles. The van der Waals surface area contributed by atoms with E-state index in [0.717, 1.165) is 38.8 Å². The van der Waals surface area contributed by atoms with Crippen LogP contribution in [0.3, 0.4) is 0 Å². The van der Waals surface area contributed by atoms with Crippen molar-refractivity contribution in [2.75, 3.05) is 20.2 Å². The van der Waals surface area contributed by atoms with Crippen LogP contribution in [0.25, 0.3) is 0 Å². The van der Waals surface area contributed by atoms with E-state index in [2.05, 4.69) is 0 Å². The molecule has 1 heterocycles. The quantitative estimate of drug-likeness (QED) is 0.717. The fourth-order valence-electron chi connectivity index (χ4n) is 2.09. The number of amides is 2. The van der Waals surface area contributed by atoms with Gasteiger partial charge in [-0.2, -0.15) is 0 Å². The minimum absolute atomic E-state index is 0.0413. The Morgan fingerprint density at radius 1 is 1.53 bits per heavy atom. The van der Waals surface area contributed by atoms with Crippen LogP contribution in [-0.4, -0.2) is 43.0 Å². The van der Waals surface area contributed by atoms with Crippen molar-refractivity contribution in [3.8, 4) is 0 Å². The molecule has 0 spiro atoms. The first-order chi connectivity index (χ1) is 9.00. The van der Waals surface area contributed by atoms with E-state index < -0.39 is 0 Å². The van der Waals surface area contributed by atoms with Crippen molar-refractivity contribution < 1.29 is 14.3 Å². The van der Waals surface area contributed by atoms with Crippen molar-refractivity contribution >= 4 is 11.8 Å². The number of hydrogen-bond donors (Lipinski definition) is 1. The van der Waals surface area contributed by atoms with Crippen LogP contribution in [0, 0.1) is 12.3 Å². The third-order valence-electron chi connectivity index (χ3n) is 3.55. The highest BCUT2D eigenvalue weighted by atomic mass is 16.5. The van der Waals surface area contributed by atoms with Gasteiger partial charge in [0.2, 0.25) is 11.8 Å². The molecular weight excluding hydrogens is 244 g/mol. The van der Waals surface area contributed by atoms with Crippen molar-refractivity contribution in [3.05, 3.63) is 6.42 Å². The molecule has 1 radical (unpaired) electrons. The summed E-state index contributed by atoms with van der Waals surface area (Å²) >= 11 is 0. The molecule has 1 aliphatic rings. The van der Waals surface area contributed by atoms with Gasteiger partial charge in [0.1, 0.15) is 0 Å². The van der Waals surface area contributed by atoms with E-state index in [-0.39, 0.29) is 17.7 Å². The summed E-state index contributed by atoms with van der Waals surface area (Å²) < 4.78 is 5.54. The molecule has 0 bridgehead atoms. The molecule has 1 aliphatic heterocycles. The second-order valence-electron chi connectivity index (χ2n) is 5.28. The number of nitrogens with two attached hydrogens (primary N) is 1. The number of nitrogens with zero attached hydrogens (tertiary/aromatic N) is 1. The lowest BCUT2D eigenvalue weighted by Crippen LogP contribution is -2.30. The first kappa shape index (κ1) is 16.0. The summed E-state index contributed by atoms with van der Waals surface area (Å²) in [5.41, 5.74) is 5.15. The molecule has 2 N–H and O–H groups in total. The summed E-state index contributed by atoms with van der Waals surface area (Å²) in [5, 5.41) is 0. The monoisotopic (exact) mass is 269 g/mol. The molecule has 2 atom stereocenters. The van der Waals surface area contributed by atoms with E-state index in [9.17, 15) is 9.59 Å². The molecule has 5 nitrogen and oxygen atoms in total. The number of carbonyl (C=O) groups is 2. The second kappa shape index (κ2) is 8.15. The van der Waals surface area contributed by atoms with Crippen LogP contribution in [0.4, 0.5) is 0 Å². The van der Waals surface area contributed by atoms with Crippen LogP contribution >= 0.6 is 0 Å². The fraction of sp³-hybridized carbons (Fsp3) is 0.786. The van der Waals surface area contributed by atoms with Gasteiger partial charge in [-0.1, -0.05) is 6.92 Å². The smallest absolute Gasteiger partial charge is 0.226 e. The van der Waals surface area contributed by atoms with Crippen LogP contribution in [0.15, 0.2) is 0 Å². The lowest BCUT2D eigenvalue weighted by Gasteiger charge is -2.18. The molecule has 19 heavy (non-hydrogen) atoms. The topological polar surface area (TPSA) is 72.6 Å². The van der Waals surface area contributed by atoms with Crippen molar-refractivity contribution in [2.45, 2.75) is 45.1 Å². The first-order valence-corrected chi connectivity index (χ1v) is 7.00. The molecule has 0 aromatic heterocycles. The number of carbonyl (C=O) groups excluding carboxylic acids is 2. The fourth-order valence-corrected chi connectivity index (χ4v) is 2.09. The number of rotatable bonds is 8. The minimum Gasteiger partial charge on any atom is -0.378 e. The molecule has 0 aromatic rings. The maximum atomic E-state index is 11.8. The van der Waals surface area contributed by atoms with Crippen molar-refractivity contribution in [1.29, 1.82) is 0 Å². The number of hydrogen-bond acceptors (Lipinski definition) is 3. The van der Waals surface area contributed by atoms with Gasteiger partial charge in [0.15, 0.2) is 0 Å².